The van der Waals surface area contributed by atoms with Gasteiger partial charge in [-0.3, -0.25) is 4.79 Å². The Morgan fingerprint density at radius 2 is 1.93 bits per heavy atom. The third kappa shape index (κ3) is 1.40. The number of hydrogen-bond acceptors (Lipinski definition) is 3. The first kappa shape index (κ1) is 10.4. The Morgan fingerprint density at radius 3 is 2.64 bits per heavy atom. The van der Waals surface area contributed by atoms with Crippen LogP contribution in [-0.4, -0.2) is 10.1 Å². The standard InChI is InChI=1S/C9H8N2O2.ClH/c10-7-8(12)5-3-1-2-4-6(5)11-9(7)13;/h1-4H,10H2,(H2,11,12,13);1H. The van der Waals surface area contributed by atoms with E-state index < -0.39 is 5.56 Å². The molecule has 5 heteroatoms. The minimum Gasteiger partial charge on any atom is -0.505 e. The van der Waals surface area contributed by atoms with Crippen molar-refractivity contribution in [3.63, 3.8) is 0 Å². The number of halogens is 1. The van der Waals surface area contributed by atoms with E-state index in [0.717, 1.165) is 0 Å². The molecule has 0 bridgehead atoms. The Kier molecular flexibility index (Phi) is 2.67. The van der Waals surface area contributed by atoms with Crippen molar-refractivity contribution in [3.8, 4) is 5.75 Å². The summed E-state index contributed by atoms with van der Waals surface area (Å²) in [5, 5.41) is 10.0. The zero-order chi connectivity index (χ0) is 9.42. The number of fused-ring (bicyclic) bond motifs is 1. The fourth-order valence-corrected chi connectivity index (χ4v) is 1.24. The average Bonchev–Trinajstić information content (AvgIpc) is 2.15. The third-order valence-corrected chi connectivity index (χ3v) is 1.93. The smallest absolute Gasteiger partial charge is 0.275 e. The summed E-state index contributed by atoms with van der Waals surface area (Å²) in [7, 11) is 0. The predicted molar refractivity (Wildman–Crippen MR) is 57.9 cm³/mol. The van der Waals surface area contributed by atoms with E-state index in [0.29, 0.717) is 10.9 Å². The monoisotopic (exact) mass is 212 g/mol. The Hall–Kier alpha value is -1.68. The van der Waals surface area contributed by atoms with E-state index in [1.807, 2.05) is 0 Å². The lowest BCUT2D eigenvalue weighted by Gasteiger charge is -2.02. The van der Waals surface area contributed by atoms with Crippen LogP contribution in [0.5, 0.6) is 5.75 Å². The summed E-state index contributed by atoms with van der Waals surface area (Å²) in [6, 6.07) is 6.93. The molecule has 1 heterocycles. The molecule has 0 atom stereocenters. The highest BCUT2D eigenvalue weighted by molar-refractivity contribution is 5.88. The first-order valence-electron chi connectivity index (χ1n) is 3.79. The van der Waals surface area contributed by atoms with Gasteiger partial charge in [0, 0.05) is 5.39 Å². The molecule has 0 aliphatic heterocycles. The highest BCUT2D eigenvalue weighted by atomic mass is 35.5. The van der Waals surface area contributed by atoms with Crippen LogP contribution < -0.4 is 11.3 Å². The Balaban J connectivity index is 0.000000980. The molecule has 0 aliphatic carbocycles. The number of aromatic amines is 1. The van der Waals surface area contributed by atoms with Crippen LogP contribution in [-0.2, 0) is 0 Å². The van der Waals surface area contributed by atoms with Crippen molar-refractivity contribution in [2.75, 3.05) is 5.73 Å². The van der Waals surface area contributed by atoms with Crippen molar-refractivity contribution in [1.29, 1.82) is 0 Å². The molecule has 1 aromatic carbocycles. The summed E-state index contributed by atoms with van der Waals surface area (Å²) >= 11 is 0. The van der Waals surface area contributed by atoms with Gasteiger partial charge in [0.15, 0.2) is 5.75 Å². The second kappa shape index (κ2) is 3.59. The van der Waals surface area contributed by atoms with Gasteiger partial charge in [-0.1, -0.05) is 12.1 Å². The largest absolute Gasteiger partial charge is 0.505 e. The van der Waals surface area contributed by atoms with Crippen LogP contribution in [0.2, 0.25) is 0 Å². The van der Waals surface area contributed by atoms with Crippen LogP contribution in [0.1, 0.15) is 0 Å². The number of nitrogen functional groups attached to an aromatic ring is 1. The van der Waals surface area contributed by atoms with E-state index in [4.69, 9.17) is 5.73 Å². The molecule has 0 radical (unpaired) electrons. The summed E-state index contributed by atoms with van der Waals surface area (Å²) < 4.78 is 0. The van der Waals surface area contributed by atoms with Crippen LogP contribution in [0, 0.1) is 0 Å². The first-order chi connectivity index (χ1) is 6.20. The number of anilines is 1. The van der Waals surface area contributed by atoms with Gasteiger partial charge in [-0.05, 0) is 12.1 Å². The number of pyridine rings is 1. The fourth-order valence-electron chi connectivity index (χ4n) is 1.24. The molecule has 0 aliphatic rings. The van der Waals surface area contributed by atoms with Crippen molar-refractivity contribution in [3.05, 3.63) is 34.6 Å². The molecule has 4 N–H and O–H groups in total. The lowest BCUT2D eigenvalue weighted by atomic mass is 10.2. The lowest BCUT2D eigenvalue weighted by Crippen LogP contribution is -2.11. The van der Waals surface area contributed by atoms with Gasteiger partial charge >= 0.3 is 0 Å². The van der Waals surface area contributed by atoms with Gasteiger partial charge in [0.25, 0.3) is 5.56 Å². The van der Waals surface area contributed by atoms with Crippen LogP contribution in [0.4, 0.5) is 5.69 Å². The molecule has 14 heavy (non-hydrogen) atoms. The van der Waals surface area contributed by atoms with E-state index in [1.54, 1.807) is 24.3 Å². The molecule has 0 unspecified atom stereocenters. The number of rotatable bonds is 0. The summed E-state index contributed by atoms with van der Waals surface area (Å²) in [5.41, 5.74) is 5.33. The maximum Gasteiger partial charge on any atom is 0.275 e. The quantitative estimate of drug-likeness (QED) is 0.615. The van der Waals surface area contributed by atoms with Gasteiger partial charge in [0.2, 0.25) is 0 Å². The van der Waals surface area contributed by atoms with Gasteiger partial charge in [-0.15, -0.1) is 12.4 Å². The maximum absolute atomic E-state index is 11.1. The molecule has 0 saturated carbocycles. The minimum absolute atomic E-state index is 0. The predicted octanol–water partition coefficient (Wildman–Crippen LogP) is 1.24. The average molecular weight is 213 g/mol. The van der Waals surface area contributed by atoms with Crippen LogP contribution >= 0.6 is 12.4 Å². The van der Waals surface area contributed by atoms with Gasteiger partial charge in [0.1, 0.15) is 5.69 Å². The van der Waals surface area contributed by atoms with Crippen molar-refractivity contribution >= 4 is 29.0 Å². The van der Waals surface area contributed by atoms with Crippen molar-refractivity contribution in [2.24, 2.45) is 0 Å². The summed E-state index contributed by atoms with van der Waals surface area (Å²) in [6.45, 7) is 0. The maximum atomic E-state index is 11.1. The van der Waals surface area contributed by atoms with E-state index in [-0.39, 0.29) is 23.8 Å². The molecule has 0 saturated heterocycles. The number of nitrogens with one attached hydrogen (secondary N) is 1. The van der Waals surface area contributed by atoms with Crippen molar-refractivity contribution in [1.82, 2.24) is 4.98 Å². The Labute approximate surface area is 85.8 Å². The van der Waals surface area contributed by atoms with Crippen molar-refractivity contribution in [2.45, 2.75) is 0 Å². The summed E-state index contributed by atoms with van der Waals surface area (Å²) in [6.07, 6.45) is 0. The van der Waals surface area contributed by atoms with Gasteiger partial charge in [-0.25, -0.2) is 0 Å². The molecule has 0 fully saturated rings. The number of aromatic hydroxyl groups is 1. The first-order valence-corrected chi connectivity index (χ1v) is 3.79. The molecule has 1 aromatic heterocycles. The van der Waals surface area contributed by atoms with Gasteiger partial charge in [0.05, 0.1) is 5.52 Å². The van der Waals surface area contributed by atoms with Crippen LogP contribution in [0.3, 0.4) is 0 Å². The number of para-hydroxylation sites is 1. The zero-order valence-electron chi connectivity index (χ0n) is 7.15. The molecule has 2 aromatic rings. The third-order valence-electron chi connectivity index (χ3n) is 1.93. The molecular formula is C9H9ClN2O2. The van der Waals surface area contributed by atoms with Crippen LogP contribution in [0.25, 0.3) is 10.9 Å². The molecule has 4 nitrogen and oxygen atoms in total. The highest BCUT2D eigenvalue weighted by Crippen LogP contribution is 2.25. The Bertz CT molecular complexity index is 522. The number of nitrogens with two attached hydrogens (primary N) is 1. The van der Waals surface area contributed by atoms with E-state index in [9.17, 15) is 9.90 Å². The zero-order valence-corrected chi connectivity index (χ0v) is 7.97. The SMILES string of the molecule is Cl.Nc1c(O)c2ccccc2[nH]c1=O. The second-order valence-corrected chi connectivity index (χ2v) is 2.76. The fraction of sp³-hybridized carbons (Fsp3) is 0. The molecular weight excluding hydrogens is 204 g/mol. The topological polar surface area (TPSA) is 79.1 Å². The van der Waals surface area contributed by atoms with Gasteiger partial charge < -0.3 is 15.8 Å². The lowest BCUT2D eigenvalue weighted by molar-refractivity contribution is 0.483. The highest BCUT2D eigenvalue weighted by Gasteiger charge is 2.06. The summed E-state index contributed by atoms with van der Waals surface area (Å²) in [5.74, 6) is -0.153. The minimum atomic E-state index is -0.462. The van der Waals surface area contributed by atoms with Gasteiger partial charge in [-0.2, -0.15) is 0 Å². The second-order valence-electron chi connectivity index (χ2n) is 2.76. The summed E-state index contributed by atoms with van der Waals surface area (Å²) in [4.78, 5) is 13.7. The van der Waals surface area contributed by atoms with Crippen LogP contribution in [0.15, 0.2) is 29.1 Å². The number of H-pyrrole nitrogens is 1. The van der Waals surface area contributed by atoms with E-state index >= 15 is 0 Å². The molecule has 74 valence electrons. The van der Waals surface area contributed by atoms with Crippen molar-refractivity contribution < 1.29 is 5.11 Å². The number of benzene rings is 1. The normalized spacial score (nSPS) is 9.71. The van der Waals surface area contributed by atoms with E-state index in [2.05, 4.69) is 4.98 Å². The Morgan fingerprint density at radius 1 is 1.29 bits per heavy atom. The molecule has 2 rings (SSSR count). The molecule has 0 spiro atoms. The number of aromatic nitrogens is 1. The van der Waals surface area contributed by atoms with E-state index in [1.165, 1.54) is 0 Å². The number of hydrogen-bond donors (Lipinski definition) is 3. The molecule has 0 amide bonds.